The van der Waals surface area contributed by atoms with Crippen molar-refractivity contribution >= 4 is 32.3 Å². The third kappa shape index (κ3) is 5.57. The van der Waals surface area contributed by atoms with E-state index in [9.17, 15) is 0 Å². The highest BCUT2D eigenvalue weighted by Crippen LogP contribution is 2.56. The lowest BCUT2D eigenvalue weighted by Crippen LogP contribution is -2.28. The first-order chi connectivity index (χ1) is 30.2. The molecule has 1 aliphatic carbocycles. The van der Waals surface area contributed by atoms with E-state index in [1.165, 1.54) is 71.3 Å². The summed E-state index contributed by atoms with van der Waals surface area (Å²) in [6, 6.07) is 83.5. The van der Waals surface area contributed by atoms with Crippen molar-refractivity contribution in [1.82, 2.24) is 9.97 Å². The molecular formula is C59H38N2. The third-order valence-electron chi connectivity index (χ3n) is 12.8. The fourth-order valence-corrected chi connectivity index (χ4v) is 10.0. The van der Waals surface area contributed by atoms with Crippen molar-refractivity contribution in [2.45, 2.75) is 5.41 Å². The Morgan fingerprint density at radius 2 is 0.852 bits per heavy atom. The van der Waals surface area contributed by atoms with Crippen molar-refractivity contribution in [2.24, 2.45) is 0 Å². The van der Waals surface area contributed by atoms with Crippen molar-refractivity contribution in [3.8, 4) is 56.2 Å². The SMILES string of the molecule is c1ccc(-c2cc(-c3ccc4c(c3)-c3ccccc3C4(c3ccccc3)c3ccccc3)nc(-c3ccc(-c4c5ccccc5cc5c4ccc4ccccc45)cc3)n2)cc1. The Morgan fingerprint density at radius 3 is 1.59 bits per heavy atom. The maximum Gasteiger partial charge on any atom is 0.160 e. The third-order valence-corrected chi connectivity index (χ3v) is 12.8. The summed E-state index contributed by atoms with van der Waals surface area (Å²) in [6.07, 6.45) is 0. The molecule has 2 heteroatoms. The summed E-state index contributed by atoms with van der Waals surface area (Å²) in [4.78, 5) is 10.6. The van der Waals surface area contributed by atoms with Crippen molar-refractivity contribution < 1.29 is 0 Å². The first-order valence-corrected chi connectivity index (χ1v) is 21.0. The van der Waals surface area contributed by atoms with Crippen LogP contribution in [-0.4, -0.2) is 9.97 Å². The van der Waals surface area contributed by atoms with Crippen LogP contribution in [0.2, 0.25) is 0 Å². The zero-order chi connectivity index (χ0) is 40.3. The van der Waals surface area contributed by atoms with Crippen LogP contribution in [0.15, 0.2) is 231 Å². The topological polar surface area (TPSA) is 25.8 Å². The molecular weight excluding hydrogens is 737 g/mol. The van der Waals surface area contributed by atoms with Crippen LogP contribution < -0.4 is 0 Å². The molecule has 1 aliphatic rings. The molecule has 61 heavy (non-hydrogen) atoms. The molecule has 0 aliphatic heterocycles. The number of hydrogen-bond donors (Lipinski definition) is 0. The number of benzene rings is 10. The maximum atomic E-state index is 5.36. The monoisotopic (exact) mass is 774 g/mol. The van der Waals surface area contributed by atoms with Crippen molar-refractivity contribution in [3.63, 3.8) is 0 Å². The van der Waals surface area contributed by atoms with Gasteiger partial charge in [-0.05, 0) is 95.0 Å². The number of aromatic nitrogens is 2. The smallest absolute Gasteiger partial charge is 0.160 e. The Kier molecular flexibility index (Phi) is 8.11. The number of hydrogen-bond acceptors (Lipinski definition) is 2. The van der Waals surface area contributed by atoms with Crippen molar-refractivity contribution in [3.05, 3.63) is 253 Å². The molecule has 284 valence electrons. The summed E-state index contributed by atoms with van der Waals surface area (Å²) >= 11 is 0. The Bertz CT molecular complexity index is 3410. The lowest BCUT2D eigenvalue weighted by molar-refractivity contribution is 0.768. The zero-order valence-electron chi connectivity index (χ0n) is 33.3. The first-order valence-electron chi connectivity index (χ1n) is 21.0. The predicted molar refractivity (Wildman–Crippen MR) is 254 cm³/mol. The van der Waals surface area contributed by atoms with E-state index in [-0.39, 0.29) is 0 Å². The molecule has 0 bridgehead atoms. The van der Waals surface area contributed by atoms with Gasteiger partial charge in [0.2, 0.25) is 0 Å². The Labute approximate surface area is 355 Å². The minimum atomic E-state index is -0.455. The van der Waals surface area contributed by atoms with Crippen LogP contribution >= 0.6 is 0 Å². The van der Waals surface area contributed by atoms with E-state index in [0.717, 1.165) is 33.6 Å². The van der Waals surface area contributed by atoms with Gasteiger partial charge >= 0.3 is 0 Å². The lowest BCUT2D eigenvalue weighted by atomic mass is 9.67. The van der Waals surface area contributed by atoms with E-state index >= 15 is 0 Å². The molecule has 12 rings (SSSR count). The van der Waals surface area contributed by atoms with Crippen LogP contribution in [0, 0.1) is 0 Å². The van der Waals surface area contributed by atoms with Crippen LogP contribution in [-0.2, 0) is 5.41 Å². The standard InChI is InChI=1S/C59H38N2/c1-4-17-40(18-5-1)55-38-56(44-33-35-54-52(37-44)49-26-14-15-27-53(49)59(54,45-20-6-2-7-21-45)46-22-8-3-9-23-46)61-58(60-55)42-30-28-41(29-31-42)57-48-25-13-11-19-43(48)36-51-47-24-12-10-16-39(47)32-34-50(51)57/h1-38H. The van der Waals surface area contributed by atoms with E-state index in [1.54, 1.807) is 0 Å². The molecule has 11 aromatic rings. The van der Waals surface area contributed by atoms with Crippen molar-refractivity contribution in [1.29, 1.82) is 0 Å². The summed E-state index contributed by atoms with van der Waals surface area (Å²) in [5.74, 6) is 0.695. The summed E-state index contributed by atoms with van der Waals surface area (Å²) in [7, 11) is 0. The molecule has 0 unspecified atom stereocenters. The largest absolute Gasteiger partial charge is 0.228 e. The minimum Gasteiger partial charge on any atom is -0.228 e. The predicted octanol–water partition coefficient (Wildman–Crippen LogP) is 15.0. The van der Waals surface area contributed by atoms with Gasteiger partial charge < -0.3 is 0 Å². The molecule has 10 aromatic carbocycles. The second-order valence-electron chi connectivity index (χ2n) is 16.0. The van der Waals surface area contributed by atoms with Gasteiger partial charge in [-0.2, -0.15) is 0 Å². The molecule has 0 saturated heterocycles. The minimum absolute atomic E-state index is 0.455. The average Bonchev–Trinajstić information content (AvgIpc) is 3.64. The maximum absolute atomic E-state index is 5.36. The number of rotatable bonds is 6. The molecule has 0 N–H and O–H groups in total. The molecule has 0 fully saturated rings. The normalized spacial score (nSPS) is 12.7. The van der Waals surface area contributed by atoms with Gasteiger partial charge in [-0.1, -0.05) is 212 Å². The highest BCUT2D eigenvalue weighted by Gasteiger charge is 2.46. The highest BCUT2D eigenvalue weighted by atomic mass is 14.9. The molecule has 1 heterocycles. The van der Waals surface area contributed by atoms with E-state index in [0.29, 0.717) is 5.82 Å². The Balaban J connectivity index is 1.02. The number of fused-ring (bicyclic) bond motifs is 7. The molecule has 0 spiro atoms. The molecule has 0 saturated carbocycles. The van der Waals surface area contributed by atoms with Gasteiger partial charge in [0.1, 0.15) is 0 Å². The highest BCUT2D eigenvalue weighted by molar-refractivity contribution is 6.20. The van der Waals surface area contributed by atoms with Gasteiger partial charge in [0.15, 0.2) is 5.82 Å². The second-order valence-corrected chi connectivity index (χ2v) is 16.0. The van der Waals surface area contributed by atoms with Crippen LogP contribution in [0.1, 0.15) is 22.3 Å². The fourth-order valence-electron chi connectivity index (χ4n) is 10.0. The summed E-state index contributed by atoms with van der Waals surface area (Å²) in [6.45, 7) is 0. The van der Waals surface area contributed by atoms with Gasteiger partial charge in [-0.15, -0.1) is 0 Å². The van der Waals surface area contributed by atoms with Crippen molar-refractivity contribution in [2.75, 3.05) is 0 Å². The average molecular weight is 775 g/mol. The van der Waals surface area contributed by atoms with Gasteiger partial charge in [-0.3, -0.25) is 0 Å². The van der Waals surface area contributed by atoms with Crippen LogP contribution in [0.4, 0.5) is 0 Å². The first kappa shape index (κ1) is 35.0. The Morgan fingerprint density at radius 1 is 0.295 bits per heavy atom. The quantitative estimate of drug-likeness (QED) is 0.124. The van der Waals surface area contributed by atoms with Gasteiger partial charge in [0, 0.05) is 16.7 Å². The van der Waals surface area contributed by atoms with E-state index in [4.69, 9.17) is 9.97 Å². The molecule has 0 atom stereocenters. The summed E-state index contributed by atoms with van der Waals surface area (Å²) in [5, 5.41) is 7.50. The molecule has 0 radical (unpaired) electrons. The van der Waals surface area contributed by atoms with E-state index in [1.807, 2.05) is 0 Å². The van der Waals surface area contributed by atoms with Gasteiger partial charge in [0.25, 0.3) is 0 Å². The molecule has 0 amide bonds. The fraction of sp³-hybridized carbons (Fsp3) is 0.0169. The number of nitrogens with zero attached hydrogens (tertiary/aromatic N) is 2. The zero-order valence-corrected chi connectivity index (χ0v) is 33.3. The van der Waals surface area contributed by atoms with E-state index in [2.05, 4.69) is 231 Å². The summed E-state index contributed by atoms with van der Waals surface area (Å²) in [5.41, 5.74) is 14.3. The lowest BCUT2D eigenvalue weighted by Gasteiger charge is -2.33. The molecule has 1 aromatic heterocycles. The van der Waals surface area contributed by atoms with Crippen LogP contribution in [0.25, 0.3) is 88.5 Å². The Hall–Kier alpha value is -7.94. The van der Waals surface area contributed by atoms with Crippen LogP contribution in [0.5, 0.6) is 0 Å². The van der Waals surface area contributed by atoms with Gasteiger partial charge in [0.05, 0.1) is 16.8 Å². The summed E-state index contributed by atoms with van der Waals surface area (Å²) < 4.78 is 0. The van der Waals surface area contributed by atoms with Crippen LogP contribution in [0.3, 0.4) is 0 Å². The second kappa shape index (κ2) is 14.1. The van der Waals surface area contributed by atoms with Gasteiger partial charge in [-0.25, -0.2) is 9.97 Å². The van der Waals surface area contributed by atoms with E-state index < -0.39 is 5.41 Å². The molecule has 2 nitrogen and oxygen atoms in total.